The van der Waals surface area contributed by atoms with Crippen molar-refractivity contribution in [1.82, 2.24) is 5.32 Å². The van der Waals surface area contributed by atoms with Gasteiger partial charge in [0.15, 0.2) is 0 Å². The minimum Gasteiger partial charge on any atom is -0.313 e. The van der Waals surface area contributed by atoms with E-state index >= 15 is 0 Å². The smallest absolute Gasteiger partial charge is 0.147 e. The second-order valence-electron chi connectivity index (χ2n) is 5.32. The third-order valence-electron chi connectivity index (χ3n) is 3.41. The maximum atomic E-state index is 11.4. The summed E-state index contributed by atoms with van der Waals surface area (Å²) in [6.07, 6.45) is 4.46. The Kier molecular flexibility index (Phi) is 5.03. The van der Waals surface area contributed by atoms with Crippen LogP contribution in [-0.2, 0) is 9.84 Å². The van der Waals surface area contributed by atoms with Crippen molar-refractivity contribution < 1.29 is 8.42 Å². The molecule has 0 saturated heterocycles. The molecule has 1 aromatic rings. The van der Waals surface area contributed by atoms with E-state index in [1.807, 2.05) is 18.2 Å². The van der Waals surface area contributed by atoms with Gasteiger partial charge in [0, 0.05) is 23.3 Å². The standard InChI is InChI=1S/C14H20BrNO2S/c1-19(17,18)9-8-11(10-16-12-6-7-12)13-4-2-3-5-14(13)15/h2-5,11-12,16H,6-10H2,1H3. The van der Waals surface area contributed by atoms with Crippen molar-refractivity contribution >= 4 is 25.8 Å². The van der Waals surface area contributed by atoms with Crippen molar-refractivity contribution in [3.05, 3.63) is 34.3 Å². The van der Waals surface area contributed by atoms with E-state index in [1.165, 1.54) is 24.7 Å². The highest BCUT2D eigenvalue weighted by Crippen LogP contribution is 2.28. The number of benzene rings is 1. The fourth-order valence-corrected chi connectivity index (χ4v) is 3.45. The summed E-state index contributed by atoms with van der Waals surface area (Å²) in [7, 11) is -2.91. The van der Waals surface area contributed by atoms with E-state index in [2.05, 4.69) is 27.3 Å². The van der Waals surface area contributed by atoms with Gasteiger partial charge in [0.1, 0.15) is 9.84 Å². The molecule has 1 fully saturated rings. The van der Waals surface area contributed by atoms with Crippen LogP contribution in [0.1, 0.15) is 30.7 Å². The molecule has 0 spiro atoms. The Morgan fingerprint density at radius 2 is 2.05 bits per heavy atom. The van der Waals surface area contributed by atoms with Crippen LogP contribution in [0.15, 0.2) is 28.7 Å². The predicted molar refractivity (Wildman–Crippen MR) is 82.2 cm³/mol. The number of sulfone groups is 1. The van der Waals surface area contributed by atoms with Crippen LogP contribution in [-0.4, -0.2) is 33.0 Å². The lowest BCUT2D eigenvalue weighted by Crippen LogP contribution is -2.25. The van der Waals surface area contributed by atoms with Crippen LogP contribution >= 0.6 is 15.9 Å². The summed E-state index contributed by atoms with van der Waals surface area (Å²) in [4.78, 5) is 0. The Labute approximate surface area is 123 Å². The van der Waals surface area contributed by atoms with E-state index in [-0.39, 0.29) is 11.7 Å². The van der Waals surface area contributed by atoms with E-state index < -0.39 is 9.84 Å². The molecule has 0 amide bonds. The SMILES string of the molecule is CS(=O)(=O)CCC(CNC1CC1)c1ccccc1Br. The van der Waals surface area contributed by atoms with Gasteiger partial charge in [-0.1, -0.05) is 34.1 Å². The predicted octanol–water partition coefficient (Wildman–Crippen LogP) is 2.72. The largest absolute Gasteiger partial charge is 0.313 e. The number of nitrogens with one attached hydrogen (secondary N) is 1. The van der Waals surface area contributed by atoms with Crippen molar-refractivity contribution in [2.75, 3.05) is 18.6 Å². The highest BCUT2D eigenvalue weighted by atomic mass is 79.9. The van der Waals surface area contributed by atoms with Crippen LogP contribution in [0.3, 0.4) is 0 Å². The number of hydrogen-bond acceptors (Lipinski definition) is 3. The molecule has 2 rings (SSSR count). The molecule has 5 heteroatoms. The van der Waals surface area contributed by atoms with Crippen molar-refractivity contribution in [3.8, 4) is 0 Å². The van der Waals surface area contributed by atoms with Gasteiger partial charge in [0.05, 0.1) is 5.75 Å². The molecule has 0 aliphatic heterocycles. The van der Waals surface area contributed by atoms with E-state index in [9.17, 15) is 8.42 Å². The summed E-state index contributed by atoms with van der Waals surface area (Å²) in [6.45, 7) is 0.850. The molecule has 0 aromatic heterocycles. The van der Waals surface area contributed by atoms with Gasteiger partial charge < -0.3 is 5.32 Å². The second-order valence-corrected chi connectivity index (χ2v) is 8.43. The van der Waals surface area contributed by atoms with E-state index in [0.29, 0.717) is 12.5 Å². The summed E-state index contributed by atoms with van der Waals surface area (Å²) >= 11 is 3.56. The van der Waals surface area contributed by atoms with Crippen LogP contribution in [0, 0.1) is 0 Å². The molecule has 0 bridgehead atoms. The molecule has 0 radical (unpaired) electrons. The van der Waals surface area contributed by atoms with E-state index in [4.69, 9.17) is 0 Å². The Morgan fingerprint density at radius 1 is 1.37 bits per heavy atom. The molecule has 1 aliphatic carbocycles. The molecule has 1 unspecified atom stereocenters. The van der Waals surface area contributed by atoms with Crippen LogP contribution in [0.2, 0.25) is 0 Å². The minimum absolute atomic E-state index is 0.241. The molecule has 19 heavy (non-hydrogen) atoms. The third kappa shape index (κ3) is 5.24. The van der Waals surface area contributed by atoms with Gasteiger partial charge in [-0.3, -0.25) is 0 Å². The summed E-state index contributed by atoms with van der Waals surface area (Å²) in [5.74, 6) is 0.483. The van der Waals surface area contributed by atoms with Gasteiger partial charge in [-0.05, 0) is 36.8 Å². The fraction of sp³-hybridized carbons (Fsp3) is 0.571. The second kappa shape index (κ2) is 6.37. The Morgan fingerprint density at radius 3 is 2.63 bits per heavy atom. The normalized spacial score (nSPS) is 17.4. The van der Waals surface area contributed by atoms with Crippen LogP contribution in [0.5, 0.6) is 0 Å². The molecule has 0 heterocycles. The average molecular weight is 346 g/mol. The Balaban J connectivity index is 2.05. The first-order valence-corrected chi connectivity index (χ1v) is 9.46. The molecule has 3 nitrogen and oxygen atoms in total. The summed E-state index contributed by atoms with van der Waals surface area (Å²) in [5, 5.41) is 3.50. The van der Waals surface area contributed by atoms with Gasteiger partial charge >= 0.3 is 0 Å². The monoisotopic (exact) mass is 345 g/mol. The maximum Gasteiger partial charge on any atom is 0.147 e. The molecule has 1 atom stereocenters. The van der Waals surface area contributed by atoms with Crippen molar-refractivity contribution in [2.45, 2.75) is 31.2 Å². The number of halogens is 1. The topological polar surface area (TPSA) is 46.2 Å². The minimum atomic E-state index is -2.91. The zero-order valence-electron chi connectivity index (χ0n) is 11.1. The van der Waals surface area contributed by atoms with Crippen molar-refractivity contribution in [1.29, 1.82) is 0 Å². The lowest BCUT2D eigenvalue weighted by molar-refractivity contribution is 0.555. The lowest BCUT2D eigenvalue weighted by Gasteiger charge is -2.19. The van der Waals surface area contributed by atoms with E-state index in [0.717, 1.165) is 11.0 Å². The fourth-order valence-electron chi connectivity index (χ4n) is 2.13. The highest BCUT2D eigenvalue weighted by molar-refractivity contribution is 9.10. The quantitative estimate of drug-likeness (QED) is 0.826. The van der Waals surface area contributed by atoms with Gasteiger partial charge in [-0.25, -0.2) is 8.42 Å². The van der Waals surface area contributed by atoms with Crippen LogP contribution in [0.25, 0.3) is 0 Å². The molecule has 106 valence electrons. The average Bonchev–Trinajstić information content (AvgIpc) is 3.13. The van der Waals surface area contributed by atoms with Gasteiger partial charge in [0.2, 0.25) is 0 Å². The highest BCUT2D eigenvalue weighted by Gasteiger charge is 2.23. The molecular weight excluding hydrogens is 326 g/mol. The lowest BCUT2D eigenvalue weighted by atomic mass is 9.96. The first-order chi connectivity index (χ1) is 8.96. The number of rotatable bonds is 7. The number of hydrogen-bond donors (Lipinski definition) is 1. The Bertz CT molecular complexity index is 526. The zero-order chi connectivity index (χ0) is 13.9. The van der Waals surface area contributed by atoms with E-state index in [1.54, 1.807) is 0 Å². The van der Waals surface area contributed by atoms with Gasteiger partial charge in [-0.2, -0.15) is 0 Å². The molecule has 1 aromatic carbocycles. The zero-order valence-corrected chi connectivity index (χ0v) is 13.5. The summed E-state index contributed by atoms with van der Waals surface area (Å²) in [6, 6.07) is 8.72. The van der Waals surface area contributed by atoms with Crippen molar-refractivity contribution in [2.24, 2.45) is 0 Å². The Hall–Kier alpha value is -0.390. The summed E-state index contributed by atoms with van der Waals surface area (Å²) in [5.41, 5.74) is 1.19. The van der Waals surface area contributed by atoms with Crippen LogP contribution < -0.4 is 5.32 Å². The van der Waals surface area contributed by atoms with Gasteiger partial charge in [0.25, 0.3) is 0 Å². The molecule has 1 N–H and O–H groups in total. The van der Waals surface area contributed by atoms with Crippen LogP contribution in [0.4, 0.5) is 0 Å². The first kappa shape index (κ1) is 15.0. The van der Waals surface area contributed by atoms with Crippen molar-refractivity contribution in [3.63, 3.8) is 0 Å². The summed E-state index contributed by atoms with van der Waals surface area (Å²) < 4.78 is 23.8. The van der Waals surface area contributed by atoms with Gasteiger partial charge in [-0.15, -0.1) is 0 Å². The molecular formula is C14H20BrNO2S. The first-order valence-electron chi connectivity index (χ1n) is 6.61. The molecule has 1 saturated carbocycles. The maximum absolute atomic E-state index is 11.4. The molecule has 1 aliphatic rings. The third-order valence-corrected chi connectivity index (χ3v) is 5.11.